The molecule has 1 heterocycles. The first-order valence-electron chi connectivity index (χ1n) is 8.90. The van der Waals surface area contributed by atoms with Crippen molar-refractivity contribution >= 4 is 17.4 Å². The van der Waals surface area contributed by atoms with Crippen LogP contribution in [-0.4, -0.2) is 26.2 Å². The van der Waals surface area contributed by atoms with Gasteiger partial charge >= 0.3 is 6.03 Å². The Morgan fingerprint density at radius 3 is 2.56 bits per heavy atom. The van der Waals surface area contributed by atoms with Gasteiger partial charge in [-0.25, -0.2) is 4.79 Å². The predicted molar refractivity (Wildman–Crippen MR) is 103 cm³/mol. The minimum Gasteiger partial charge on any atom is -0.497 e. The van der Waals surface area contributed by atoms with Gasteiger partial charge in [-0.2, -0.15) is 0 Å². The molecule has 3 rings (SSSR count). The molecule has 2 amide bonds. The summed E-state index contributed by atoms with van der Waals surface area (Å²) in [7, 11) is 1.66. The van der Waals surface area contributed by atoms with Crippen molar-refractivity contribution in [1.82, 2.24) is 10.6 Å². The van der Waals surface area contributed by atoms with Crippen LogP contribution < -0.4 is 15.4 Å². The van der Waals surface area contributed by atoms with Gasteiger partial charge in [-0.15, -0.1) is 11.3 Å². The second kappa shape index (κ2) is 8.39. The van der Waals surface area contributed by atoms with E-state index in [2.05, 4.69) is 28.1 Å². The lowest BCUT2D eigenvalue weighted by Crippen LogP contribution is -2.43. The van der Waals surface area contributed by atoms with Crippen LogP contribution in [0.1, 0.15) is 36.1 Å². The minimum absolute atomic E-state index is 0.0728. The zero-order valence-corrected chi connectivity index (χ0v) is 15.5. The van der Waals surface area contributed by atoms with Crippen molar-refractivity contribution < 1.29 is 9.53 Å². The van der Waals surface area contributed by atoms with Crippen LogP contribution in [0.4, 0.5) is 4.79 Å². The van der Waals surface area contributed by atoms with Crippen LogP contribution in [0.5, 0.6) is 5.75 Å². The summed E-state index contributed by atoms with van der Waals surface area (Å²) in [6.07, 6.45) is 5.64. The highest BCUT2D eigenvalue weighted by atomic mass is 32.1. The molecule has 0 unspecified atom stereocenters. The summed E-state index contributed by atoms with van der Waals surface area (Å²) in [6.45, 7) is 1.35. The van der Waals surface area contributed by atoms with Crippen molar-refractivity contribution in [3.05, 3.63) is 52.2 Å². The van der Waals surface area contributed by atoms with Crippen LogP contribution in [-0.2, 0) is 11.8 Å². The zero-order valence-electron chi connectivity index (χ0n) is 14.7. The Morgan fingerprint density at radius 1 is 1.16 bits per heavy atom. The number of ether oxygens (including phenoxy) is 1. The van der Waals surface area contributed by atoms with E-state index in [0.717, 1.165) is 18.7 Å². The molecule has 0 bridgehead atoms. The van der Waals surface area contributed by atoms with Crippen molar-refractivity contribution in [2.45, 2.75) is 37.5 Å². The summed E-state index contributed by atoms with van der Waals surface area (Å²) in [5.74, 6) is 0.852. The second-order valence-corrected chi connectivity index (χ2v) is 7.62. The SMILES string of the molecule is COc1ccc(CCNC(=O)NCC2(c3cccs3)CCCC2)cc1. The number of hydrogen-bond donors (Lipinski definition) is 2. The topological polar surface area (TPSA) is 50.4 Å². The summed E-state index contributed by atoms with van der Waals surface area (Å²) in [5.41, 5.74) is 1.33. The van der Waals surface area contributed by atoms with Crippen molar-refractivity contribution in [3.63, 3.8) is 0 Å². The molecule has 1 aromatic carbocycles. The normalized spacial score (nSPS) is 15.7. The van der Waals surface area contributed by atoms with E-state index in [0.29, 0.717) is 6.54 Å². The molecule has 1 aromatic heterocycles. The van der Waals surface area contributed by atoms with E-state index in [4.69, 9.17) is 4.74 Å². The standard InChI is InChI=1S/C20H26N2O2S/c1-24-17-8-6-16(7-9-17)10-13-21-19(23)22-15-20(11-2-3-12-20)18-5-4-14-25-18/h4-9,14H,2-3,10-13,15H2,1H3,(H2,21,22,23). The molecular weight excluding hydrogens is 332 g/mol. The van der Waals surface area contributed by atoms with E-state index in [1.54, 1.807) is 18.4 Å². The average Bonchev–Trinajstić information content (AvgIpc) is 3.33. The van der Waals surface area contributed by atoms with Crippen LogP contribution in [0.15, 0.2) is 41.8 Å². The Balaban J connectivity index is 1.44. The summed E-state index contributed by atoms with van der Waals surface area (Å²) in [4.78, 5) is 13.6. The molecule has 25 heavy (non-hydrogen) atoms. The number of carbonyl (C=O) groups excluding carboxylic acids is 1. The van der Waals surface area contributed by atoms with Gasteiger partial charge in [0.05, 0.1) is 7.11 Å². The number of thiophene rings is 1. The number of methoxy groups -OCH3 is 1. The molecule has 5 heteroatoms. The largest absolute Gasteiger partial charge is 0.497 e. The van der Waals surface area contributed by atoms with Crippen molar-refractivity contribution in [3.8, 4) is 5.75 Å². The lowest BCUT2D eigenvalue weighted by atomic mass is 9.84. The first-order valence-corrected chi connectivity index (χ1v) is 9.78. The second-order valence-electron chi connectivity index (χ2n) is 6.67. The maximum atomic E-state index is 12.2. The third kappa shape index (κ3) is 4.54. The summed E-state index contributed by atoms with van der Waals surface area (Å²) in [6, 6.07) is 12.2. The van der Waals surface area contributed by atoms with Crippen LogP contribution in [0.25, 0.3) is 0 Å². The van der Waals surface area contributed by atoms with Gasteiger partial charge in [0.2, 0.25) is 0 Å². The molecule has 1 aliphatic rings. The Labute approximate surface area is 153 Å². The van der Waals surface area contributed by atoms with Crippen molar-refractivity contribution in [2.24, 2.45) is 0 Å². The minimum atomic E-state index is -0.0728. The molecule has 0 spiro atoms. The summed E-state index contributed by atoms with van der Waals surface area (Å²) < 4.78 is 5.15. The van der Waals surface area contributed by atoms with Gasteiger partial charge in [0, 0.05) is 23.4 Å². The molecule has 1 aliphatic carbocycles. The number of urea groups is 1. The Morgan fingerprint density at radius 2 is 1.92 bits per heavy atom. The third-order valence-electron chi connectivity index (χ3n) is 5.05. The van der Waals surface area contributed by atoms with Crippen molar-refractivity contribution in [1.29, 1.82) is 0 Å². The molecule has 4 nitrogen and oxygen atoms in total. The fourth-order valence-corrected chi connectivity index (χ4v) is 4.55. The van der Waals surface area contributed by atoms with Crippen LogP contribution >= 0.6 is 11.3 Å². The van der Waals surface area contributed by atoms with Crippen molar-refractivity contribution in [2.75, 3.05) is 20.2 Å². The molecule has 2 aromatic rings. The summed E-state index contributed by atoms with van der Waals surface area (Å²) >= 11 is 1.81. The lowest BCUT2D eigenvalue weighted by Gasteiger charge is -2.28. The fourth-order valence-electron chi connectivity index (χ4n) is 3.57. The van der Waals surface area contributed by atoms with E-state index >= 15 is 0 Å². The molecule has 1 saturated carbocycles. The van der Waals surface area contributed by atoms with Gasteiger partial charge in [-0.1, -0.05) is 31.0 Å². The van der Waals surface area contributed by atoms with Crippen LogP contribution in [0.3, 0.4) is 0 Å². The van der Waals surface area contributed by atoms with E-state index in [1.807, 2.05) is 24.3 Å². The number of rotatable bonds is 7. The number of hydrogen-bond acceptors (Lipinski definition) is 3. The van der Waals surface area contributed by atoms with E-state index in [9.17, 15) is 4.79 Å². The number of carbonyl (C=O) groups is 1. The zero-order chi connectivity index (χ0) is 17.5. The Kier molecular flexibility index (Phi) is 5.97. The van der Waals surface area contributed by atoms with E-state index in [1.165, 1.54) is 36.1 Å². The first-order chi connectivity index (χ1) is 12.2. The quantitative estimate of drug-likeness (QED) is 0.782. The van der Waals surface area contributed by atoms with Gasteiger partial charge in [0.25, 0.3) is 0 Å². The molecule has 0 saturated heterocycles. The fraction of sp³-hybridized carbons (Fsp3) is 0.450. The molecule has 134 valence electrons. The summed E-state index contributed by atoms with van der Waals surface area (Å²) in [5, 5.41) is 8.19. The van der Waals surface area contributed by atoms with Gasteiger partial charge in [-0.3, -0.25) is 0 Å². The van der Waals surface area contributed by atoms with E-state index < -0.39 is 0 Å². The van der Waals surface area contributed by atoms with E-state index in [-0.39, 0.29) is 11.4 Å². The number of benzene rings is 1. The highest BCUT2D eigenvalue weighted by Gasteiger charge is 2.36. The van der Waals surface area contributed by atoms with Gasteiger partial charge in [0.15, 0.2) is 0 Å². The molecule has 0 atom stereocenters. The predicted octanol–water partition coefficient (Wildman–Crippen LogP) is 4.11. The lowest BCUT2D eigenvalue weighted by molar-refractivity contribution is 0.237. The van der Waals surface area contributed by atoms with Gasteiger partial charge < -0.3 is 15.4 Å². The molecule has 0 radical (unpaired) electrons. The monoisotopic (exact) mass is 358 g/mol. The van der Waals surface area contributed by atoms with Gasteiger partial charge in [0.1, 0.15) is 5.75 Å². The molecule has 2 N–H and O–H groups in total. The molecule has 0 aliphatic heterocycles. The Bertz CT molecular complexity index is 662. The van der Waals surface area contributed by atoms with Crippen LogP contribution in [0, 0.1) is 0 Å². The first kappa shape index (κ1) is 17.8. The molecule has 1 fully saturated rings. The maximum Gasteiger partial charge on any atom is 0.314 e. The highest BCUT2D eigenvalue weighted by molar-refractivity contribution is 7.10. The van der Waals surface area contributed by atoms with Crippen LogP contribution in [0.2, 0.25) is 0 Å². The number of nitrogens with one attached hydrogen (secondary N) is 2. The average molecular weight is 359 g/mol. The smallest absolute Gasteiger partial charge is 0.314 e. The highest BCUT2D eigenvalue weighted by Crippen LogP contribution is 2.42. The maximum absolute atomic E-state index is 12.2. The Hall–Kier alpha value is -2.01. The molecular formula is C20H26N2O2S. The number of amides is 2. The van der Waals surface area contributed by atoms with Gasteiger partial charge in [-0.05, 0) is 48.4 Å². The third-order valence-corrected chi connectivity index (χ3v) is 6.17.